The predicted octanol–water partition coefficient (Wildman–Crippen LogP) is 3.47. The number of urea groups is 1. The van der Waals surface area contributed by atoms with Gasteiger partial charge >= 0.3 is 12.0 Å². The number of aryl methyl sites for hydroxylation is 1. The van der Waals surface area contributed by atoms with E-state index in [0.717, 1.165) is 22.7 Å². The molecule has 5 rings (SSSR count). The summed E-state index contributed by atoms with van der Waals surface area (Å²) in [6.45, 7) is 5.16. The van der Waals surface area contributed by atoms with Gasteiger partial charge in [0.15, 0.2) is 11.7 Å². The van der Waals surface area contributed by atoms with Crippen molar-refractivity contribution in [3.63, 3.8) is 0 Å². The summed E-state index contributed by atoms with van der Waals surface area (Å²) in [5.41, 5.74) is 4.57. The first kappa shape index (κ1) is 24.5. The molecule has 1 fully saturated rings. The van der Waals surface area contributed by atoms with Gasteiger partial charge in [0.05, 0.1) is 13.7 Å². The van der Waals surface area contributed by atoms with Crippen molar-refractivity contribution in [3.05, 3.63) is 89.9 Å². The number of rotatable bonds is 6. The third kappa shape index (κ3) is 5.31. The molecule has 37 heavy (non-hydrogen) atoms. The van der Waals surface area contributed by atoms with Crippen LogP contribution in [0, 0.1) is 6.92 Å². The molecule has 0 radical (unpaired) electrons. The first-order valence-corrected chi connectivity index (χ1v) is 12.3. The van der Waals surface area contributed by atoms with Crippen LogP contribution in [-0.4, -0.2) is 69.6 Å². The number of nitrogens with zero attached hydrogens (tertiary/aromatic N) is 5. The van der Waals surface area contributed by atoms with Crippen LogP contribution in [0.1, 0.15) is 23.0 Å². The molecular formula is C28H30N6O3. The molecule has 1 atom stereocenters. The molecule has 2 amide bonds. The number of carbonyl (C=O) groups is 2. The number of pyridine rings is 1. The minimum Gasteiger partial charge on any atom is -0.467 e. The van der Waals surface area contributed by atoms with Crippen LogP contribution in [0.15, 0.2) is 72.9 Å². The third-order valence-corrected chi connectivity index (χ3v) is 6.61. The average Bonchev–Trinajstić information content (AvgIpc) is 3.29. The number of esters is 1. The van der Waals surface area contributed by atoms with E-state index in [2.05, 4.69) is 44.9 Å². The summed E-state index contributed by atoms with van der Waals surface area (Å²) >= 11 is 0. The highest BCUT2D eigenvalue weighted by molar-refractivity contribution is 5.84. The van der Waals surface area contributed by atoms with Gasteiger partial charge in [-0.05, 0) is 42.3 Å². The Balaban J connectivity index is 1.27. The normalized spacial score (nSPS) is 14.9. The van der Waals surface area contributed by atoms with E-state index in [1.165, 1.54) is 12.7 Å². The van der Waals surface area contributed by atoms with Crippen molar-refractivity contribution in [3.8, 4) is 5.69 Å². The number of aromatic nitrogens is 3. The number of imidazole rings is 1. The van der Waals surface area contributed by atoms with Crippen molar-refractivity contribution < 1.29 is 14.3 Å². The van der Waals surface area contributed by atoms with Gasteiger partial charge in [-0.15, -0.1) is 0 Å². The van der Waals surface area contributed by atoms with Crippen LogP contribution in [0.4, 0.5) is 4.79 Å². The lowest BCUT2D eigenvalue weighted by molar-refractivity contribution is -0.143. The van der Waals surface area contributed by atoms with Gasteiger partial charge in [-0.2, -0.15) is 0 Å². The fourth-order valence-electron chi connectivity index (χ4n) is 4.67. The SMILES string of the molecule is COC(=O)[C@@H](NC(=O)N1CCN(Cc2nc3cccnc3n2-c2cccc(C)c2)CC1)c1ccccc1. The van der Waals surface area contributed by atoms with Crippen molar-refractivity contribution in [2.45, 2.75) is 19.5 Å². The molecule has 1 aliphatic rings. The minimum absolute atomic E-state index is 0.282. The third-order valence-electron chi connectivity index (χ3n) is 6.61. The van der Waals surface area contributed by atoms with Crippen LogP contribution >= 0.6 is 0 Å². The Morgan fingerprint density at radius 1 is 1.00 bits per heavy atom. The highest BCUT2D eigenvalue weighted by Gasteiger charge is 2.28. The highest BCUT2D eigenvalue weighted by Crippen LogP contribution is 2.22. The number of benzene rings is 2. The maximum absolute atomic E-state index is 13.0. The summed E-state index contributed by atoms with van der Waals surface area (Å²) in [4.78, 5) is 38.9. The standard InChI is InChI=1S/C28H30N6O3/c1-20-8-6-11-22(18-20)34-24(30-23-12-7-13-29-26(23)34)19-32-14-16-33(17-15-32)28(36)31-25(27(35)37-2)21-9-4-3-5-10-21/h3-13,18,25H,14-17,19H2,1-2H3,(H,31,36)/t25-/m0/s1. The second-order valence-electron chi connectivity index (χ2n) is 9.13. The van der Waals surface area contributed by atoms with E-state index in [1.807, 2.05) is 36.4 Å². The summed E-state index contributed by atoms with van der Waals surface area (Å²) in [6, 6.07) is 20.2. The van der Waals surface area contributed by atoms with Crippen molar-refractivity contribution in [2.24, 2.45) is 0 Å². The largest absolute Gasteiger partial charge is 0.467 e. The molecule has 2 aromatic carbocycles. The number of nitrogens with one attached hydrogen (secondary N) is 1. The smallest absolute Gasteiger partial charge is 0.333 e. The van der Waals surface area contributed by atoms with Gasteiger partial charge < -0.3 is 15.0 Å². The fourth-order valence-corrected chi connectivity index (χ4v) is 4.67. The molecule has 1 saturated heterocycles. The van der Waals surface area contributed by atoms with Crippen LogP contribution in [-0.2, 0) is 16.1 Å². The molecule has 4 aromatic rings. The van der Waals surface area contributed by atoms with Crippen LogP contribution < -0.4 is 5.32 Å². The number of fused-ring (bicyclic) bond motifs is 1. The van der Waals surface area contributed by atoms with Gasteiger partial charge in [-0.1, -0.05) is 42.5 Å². The fraction of sp³-hybridized carbons (Fsp3) is 0.286. The van der Waals surface area contributed by atoms with E-state index in [4.69, 9.17) is 9.72 Å². The van der Waals surface area contributed by atoms with Crippen molar-refractivity contribution >= 4 is 23.2 Å². The number of hydrogen-bond acceptors (Lipinski definition) is 6. The van der Waals surface area contributed by atoms with Gasteiger partial charge in [0.2, 0.25) is 0 Å². The summed E-state index contributed by atoms with van der Waals surface area (Å²) in [5, 5.41) is 2.84. The molecule has 9 heteroatoms. The summed E-state index contributed by atoms with van der Waals surface area (Å²) in [6.07, 6.45) is 1.79. The molecule has 0 aliphatic carbocycles. The Labute approximate surface area is 215 Å². The van der Waals surface area contributed by atoms with Gasteiger partial charge in [0.1, 0.15) is 11.3 Å². The summed E-state index contributed by atoms with van der Waals surface area (Å²) in [7, 11) is 1.32. The molecule has 0 bridgehead atoms. The quantitative estimate of drug-likeness (QED) is 0.409. The second kappa shape index (κ2) is 10.8. The Kier molecular flexibility index (Phi) is 7.14. The molecule has 0 spiro atoms. The van der Waals surface area contributed by atoms with Gasteiger partial charge in [-0.3, -0.25) is 9.47 Å². The zero-order valence-electron chi connectivity index (χ0n) is 21.0. The number of piperazine rings is 1. The lowest BCUT2D eigenvalue weighted by Crippen LogP contribution is -2.52. The van der Waals surface area contributed by atoms with E-state index in [9.17, 15) is 9.59 Å². The van der Waals surface area contributed by atoms with E-state index in [-0.39, 0.29) is 6.03 Å². The average molecular weight is 499 g/mol. The predicted molar refractivity (Wildman–Crippen MR) is 140 cm³/mol. The zero-order chi connectivity index (χ0) is 25.8. The zero-order valence-corrected chi connectivity index (χ0v) is 21.0. The lowest BCUT2D eigenvalue weighted by atomic mass is 10.1. The molecule has 3 heterocycles. The number of methoxy groups -OCH3 is 1. The number of ether oxygens (including phenoxy) is 1. The molecular weight excluding hydrogens is 468 g/mol. The Morgan fingerprint density at radius 2 is 1.78 bits per heavy atom. The minimum atomic E-state index is -0.849. The number of carbonyl (C=O) groups excluding carboxylic acids is 2. The van der Waals surface area contributed by atoms with Crippen LogP contribution in [0.5, 0.6) is 0 Å². The van der Waals surface area contributed by atoms with E-state index in [1.54, 1.807) is 23.2 Å². The first-order chi connectivity index (χ1) is 18.0. The summed E-state index contributed by atoms with van der Waals surface area (Å²) in [5.74, 6) is 0.411. The first-order valence-electron chi connectivity index (χ1n) is 12.3. The highest BCUT2D eigenvalue weighted by atomic mass is 16.5. The molecule has 2 aromatic heterocycles. The Hall–Kier alpha value is -4.24. The molecule has 9 nitrogen and oxygen atoms in total. The number of amides is 2. The summed E-state index contributed by atoms with van der Waals surface area (Å²) < 4.78 is 7.04. The van der Waals surface area contributed by atoms with Crippen molar-refractivity contribution in [1.82, 2.24) is 29.7 Å². The monoisotopic (exact) mass is 498 g/mol. The van der Waals surface area contributed by atoms with E-state index >= 15 is 0 Å². The molecule has 0 saturated carbocycles. The molecule has 190 valence electrons. The molecule has 1 aliphatic heterocycles. The second-order valence-corrected chi connectivity index (χ2v) is 9.13. The maximum Gasteiger partial charge on any atom is 0.333 e. The lowest BCUT2D eigenvalue weighted by Gasteiger charge is -2.35. The van der Waals surface area contributed by atoms with E-state index < -0.39 is 12.0 Å². The number of hydrogen-bond donors (Lipinski definition) is 1. The maximum atomic E-state index is 13.0. The van der Waals surface area contributed by atoms with Gasteiger partial charge in [-0.25, -0.2) is 19.6 Å². The van der Waals surface area contributed by atoms with Crippen LogP contribution in [0.25, 0.3) is 16.9 Å². The Morgan fingerprint density at radius 3 is 2.51 bits per heavy atom. The molecule has 0 unspecified atom stereocenters. The van der Waals surface area contributed by atoms with Gasteiger partial charge in [0, 0.05) is 38.1 Å². The Bertz CT molecular complexity index is 1400. The van der Waals surface area contributed by atoms with Crippen LogP contribution in [0.3, 0.4) is 0 Å². The topological polar surface area (TPSA) is 92.6 Å². The van der Waals surface area contributed by atoms with Crippen LogP contribution in [0.2, 0.25) is 0 Å². The molecule has 1 N–H and O–H groups in total. The van der Waals surface area contributed by atoms with Crippen molar-refractivity contribution in [2.75, 3.05) is 33.3 Å². The van der Waals surface area contributed by atoms with E-state index in [0.29, 0.717) is 38.3 Å². The van der Waals surface area contributed by atoms with Crippen molar-refractivity contribution in [1.29, 1.82) is 0 Å². The van der Waals surface area contributed by atoms with Gasteiger partial charge in [0.25, 0.3) is 0 Å².